The fraction of sp³-hybridized carbons (Fsp3) is 0.625. The molecule has 0 N–H and O–H groups in total. The first-order chi connectivity index (χ1) is 10.6. The molecule has 0 radical (unpaired) electrons. The predicted molar refractivity (Wildman–Crippen MR) is 81.5 cm³/mol. The second-order valence-corrected chi connectivity index (χ2v) is 6.46. The van der Waals surface area contributed by atoms with Crippen molar-refractivity contribution in [1.29, 1.82) is 0 Å². The lowest BCUT2D eigenvalue weighted by Gasteiger charge is -2.47. The molecular formula is C16H21N3O3. The summed E-state index contributed by atoms with van der Waals surface area (Å²) in [6.45, 7) is 2.99. The molecular weight excluding hydrogens is 282 g/mol. The monoisotopic (exact) mass is 303 g/mol. The summed E-state index contributed by atoms with van der Waals surface area (Å²) in [5.41, 5.74) is 0.225. The van der Waals surface area contributed by atoms with E-state index in [-0.39, 0.29) is 11.6 Å². The summed E-state index contributed by atoms with van der Waals surface area (Å²) in [5, 5.41) is 10.7. The number of nitro groups is 1. The number of pyridine rings is 1. The van der Waals surface area contributed by atoms with Crippen LogP contribution in [0.15, 0.2) is 18.3 Å². The Bertz CT molecular complexity index is 571. The van der Waals surface area contributed by atoms with E-state index in [1.54, 1.807) is 0 Å². The van der Waals surface area contributed by atoms with Gasteiger partial charge in [0.25, 0.3) is 11.6 Å². The lowest BCUT2D eigenvalue weighted by molar-refractivity contribution is -0.385. The van der Waals surface area contributed by atoms with Crippen molar-refractivity contribution >= 4 is 11.6 Å². The zero-order valence-electron chi connectivity index (χ0n) is 12.8. The van der Waals surface area contributed by atoms with E-state index >= 15 is 0 Å². The van der Waals surface area contributed by atoms with Crippen LogP contribution < -0.4 is 0 Å². The minimum absolute atomic E-state index is 0.0842. The van der Waals surface area contributed by atoms with Gasteiger partial charge in [-0.25, -0.2) is 4.98 Å². The van der Waals surface area contributed by atoms with Gasteiger partial charge in [0, 0.05) is 18.7 Å². The zero-order chi connectivity index (χ0) is 15.7. The summed E-state index contributed by atoms with van der Waals surface area (Å²) in [4.78, 5) is 28.9. The molecule has 0 spiro atoms. The van der Waals surface area contributed by atoms with Crippen LogP contribution in [0.1, 0.15) is 49.5 Å². The Hall–Kier alpha value is -1.98. The van der Waals surface area contributed by atoms with E-state index in [2.05, 4.69) is 11.9 Å². The molecule has 2 fully saturated rings. The molecule has 3 rings (SSSR count). The van der Waals surface area contributed by atoms with Crippen molar-refractivity contribution in [3.05, 3.63) is 34.1 Å². The van der Waals surface area contributed by atoms with E-state index in [0.717, 1.165) is 13.0 Å². The molecule has 1 aliphatic heterocycles. The van der Waals surface area contributed by atoms with E-state index in [0.29, 0.717) is 23.6 Å². The average molecular weight is 303 g/mol. The Morgan fingerprint density at radius 2 is 2.09 bits per heavy atom. The number of nitrogens with zero attached hydrogens (tertiary/aromatic N) is 3. The van der Waals surface area contributed by atoms with Gasteiger partial charge in [0.05, 0.1) is 4.92 Å². The summed E-state index contributed by atoms with van der Waals surface area (Å²) in [6, 6.07) is 3.12. The van der Waals surface area contributed by atoms with E-state index in [9.17, 15) is 14.9 Å². The molecule has 1 amide bonds. The van der Waals surface area contributed by atoms with Gasteiger partial charge in [0.2, 0.25) is 0 Å². The predicted octanol–water partition coefficient (Wildman–Crippen LogP) is 3.03. The van der Waals surface area contributed by atoms with E-state index < -0.39 is 4.92 Å². The summed E-state index contributed by atoms with van der Waals surface area (Å²) in [6.07, 6.45) is 7.02. The molecule has 2 aliphatic rings. The summed E-state index contributed by atoms with van der Waals surface area (Å²) in [5.74, 6) is 1.03. The van der Waals surface area contributed by atoms with Gasteiger partial charge in [-0.05, 0) is 43.6 Å². The number of carbonyl (C=O) groups is 1. The molecule has 1 aromatic heterocycles. The quantitative estimate of drug-likeness (QED) is 0.621. The van der Waals surface area contributed by atoms with Gasteiger partial charge in [-0.3, -0.25) is 14.9 Å². The van der Waals surface area contributed by atoms with Crippen LogP contribution in [-0.2, 0) is 0 Å². The molecule has 6 nitrogen and oxygen atoms in total. The second kappa shape index (κ2) is 6.02. The minimum Gasteiger partial charge on any atom is -0.334 e. The number of hydrogen-bond donors (Lipinski definition) is 0. The van der Waals surface area contributed by atoms with Crippen molar-refractivity contribution in [3.63, 3.8) is 0 Å². The van der Waals surface area contributed by atoms with E-state index in [1.165, 1.54) is 44.0 Å². The van der Waals surface area contributed by atoms with Crippen LogP contribution in [0.3, 0.4) is 0 Å². The Labute approximate surface area is 129 Å². The van der Waals surface area contributed by atoms with Crippen molar-refractivity contribution in [1.82, 2.24) is 9.88 Å². The van der Waals surface area contributed by atoms with Crippen LogP contribution in [0.4, 0.5) is 5.69 Å². The second-order valence-electron chi connectivity index (χ2n) is 6.46. The van der Waals surface area contributed by atoms with Gasteiger partial charge in [-0.1, -0.05) is 13.3 Å². The van der Waals surface area contributed by atoms with Crippen LogP contribution in [-0.4, -0.2) is 33.3 Å². The van der Waals surface area contributed by atoms with Gasteiger partial charge < -0.3 is 4.90 Å². The third-order valence-corrected chi connectivity index (χ3v) is 5.07. The molecule has 3 unspecified atom stereocenters. The maximum atomic E-state index is 12.8. The lowest BCUT2D eigenvalue weighted by atomic mass is 9.73. The van der Waals surface area contributed by atoms with Crippen molar-refractivity contribution in [2.45, 2.75) is 45.1 Å². The molecule has 1 aliphatic carbocycles. The molecule has 22 heavy (non-hydrogen) atoms. The first-order valence-electron chi connectivity index (χ1n) is 7.99. The third kappa shape index (κ3) is 2.69. The normalized spacial score (nSPS) is 28.0. The highest BCUT2D eigenvalue weighted by Gasteiger charge is 2.40. The van der Waals surface area contributed by atoms with Gasteiger partial charge in [0.15, 0.2) is 0 Å². The maximum Gasteiger partial charge on any atom is 0.287 e. The highest BCUT2D eigenvalue weighted by Crippen LogP contribution is 2.39. The standard InChI is InChI=1S/C16H21N3O3/c1-11-4-2-5-12-6-3-9-18(15(11)12)16(20)14-8-7-13(10-17-14)19(21)22/h7-8,10-12,15H,2-6,9H2,1H3. The molecule has 1 saturated carbocycles. The fourth-order valence-corrected chi connectivity index (χ4v) is 4.06. The molecule has 0 aromatic carbocycles. The number of amides is 1. The van der Waals surface area contributed by atoms with E-state index in [1.807, 2.05) is 4.90 Å². The van der Waals surface area contributed by atoms with Crippen LogP contribution in [0.2, 0.25) is 0 Å². The van der Waals surface area contributed by atoms with Crippen molar-refractivity contribution in [2.24, 2.45) is 11.8 Å². The molecule has 0 bridgehead atoms. The number of hydrogen-bond acceptors (Lipinski definition) is 4. The molecule has 118 valence electrons. The SMILES string of the molecule is CC1CCCC2CCCN(C(=O)c3ccc([N+](=O)[O-])cn3)C12. The lowest BCUT2D eigenvalue weighted by Crippen LogP contribution is -2.53. The summed E-state index contributed by atoms with van der Waals surface area (Å²) < 4.78 is 0. The largest absolute Gasteiger partial charge is 0.334 e. The smallest absolute Gasteiger partial charge is 0.287 e. The average Bonchev–Trinajstić information content (AvgIpc) is 2.54. The zero-order valence-corrected chi connectivity index (χ0v) is 12.8. The van der Waals surface area contributed by atoms with Gasteiger partial charge in [0.1, 0.15) is 11.9 Å². The van der Waals surface area contributed by atoms with Crippen molar-refractivity contribution in [2.75, 3.05) is 6.54 Å². The van der Waals surface area contributed by atoms with Crippen molar-refractivity contribution in [3.8, 4) is 0 Å². The highest BCUT2D eigenvalue weighted by atomic mass is 16.6. The molecule has 2 heterocycles. The number of carbonyl (C=O) groups excluding carboxylic acids is 1. The summed E-state index contributed by atoms with van der Waals surface area (Å²) >= 11 is 0. The van der Waals surface area contributed by atoms with Gasteiger partial charge >= 0.3 is 0 Å². The minimum atomic E-state index is -0.499. The Kier molecular flexibility index (Phi) is 4.09. The number of piperidine rings is 1. The highest BCUT2D eigenvalue weighted by molar-refractivity contribution is 5.92. The Balaban J connectivity index is 1.82. The number of rotatable bonds is 2. The molecule has 6 heteroatoms. The van der Waals surface area contributed by atoms with Crippen LogP contribution in [0.25, 0.3) is 0 Å². The summed E-state index contributed by atoms with van der Waals surface area (Å²) in [7, 11) is 0. The first kappa shape index (κ1) is 14.9. The molecule has 1 saturated heterocycles. The van der Waals surface area contributed by atoms with Crippen LogP contribution in [0, 0.1) is 22.0 Å². The Morgan fingerprint density at radius 1 is 1.32 bits per heavy atom. The number of likely N-dealkylation sites (tertiary alicyclic amines) is 1. The van der Waals surface area contributed by atoms with E-state index in [4.69, 9.17) is 0 Å². The van der Waals surface area contributed by atoms with Crippen LogP contribution >= 0.6 is 0 Å². The number of aromatic nitrogens is 1. The maximum absolute atomic E-state index is 12.8. The Morgan fingerprint density at radius 3 is 2.77 bits per heavy atom. The molecule has 3 atom stereocenters. The topological polar surface area (TPSA) is 76.3 Å². The first-order valence-corrected chi connectivity index (χ1v) is 7.99. The van der Waals surface area contributed by atoms with Gasteiger partial charge in [-0.15, -0.1) is 0 Å². The molecule has 1 aromatic rings. The fourth-order valence-electron chi connectivity index (χ4n) is 4.06. The third-order valence-electron chi connectivity index (χ3n) is 5.07. The van der Waals surface area contributed by atoms with Gasteiger partial charge in [-0.2, -0.15) is 0 Å². The number of fused-ring (bicyclic) bond motifs is 1. The van der Waals surface area contributed by atoms with Crippen LogP contribution in [0.5, 0.6) is 0 Å². The van der Waals surface area contributed by atoms with Crippen molar-refractivity contribution < 1.29 is 9.72 Å².